The van der Waals surface area contributed by atoms with Gasteiger partial charge in [-0.3, -0.25) is 0 Å². The molecule has 0 fully saturated rings. The van der Waals surface area contributed by atoms with Crippen LogP contribution >= 0.6 is 11.6 Å². The summed E-state index contributed by atoms with van der Waals surface area (Å²) in [5.74, 6) is 1.26. The molecule has 0 heterocycles. The fourth-order valence-corrected chi connectivity index (χ4v) is 1.05. The molecular weight excluding hydrogens is 136 g/mol. The van der Waals surface area contributed by atoms with Crippen molar-refractivity contribution in [2.75, 3.05) is 5.88 Å². The zero-order chi connectivity index (χ0) is 6.69. The van der Waals surface area contributed by atoms with Crippen molar-refractivity contribution >= 4 is 11.6 Å². The van der Waals surface area contributed by atoms with E-state index in [1.807, 2.05) is 6.08 Å². The summed E-state index contributed by atoms with van der Waals surface area (Å²) in [5.41, 5.74) is 0. The summed E-state index contributed by atoms with van der Waals surface area (Å²) in [6.45, 7) is 0. The van der Waals surface area contributed by atoms with Crippen molar-refractivity contribution in [1.82, 2.24) is 0 Å². The van der Waals surface area contributed by atoms with Crippen molar-refractivity contribution in [1.29, 1.82) is 0 Å². The maximum atomic E-state index is 8.93. The molecule has 2 heteroatoms. The lowest BCUT2D eigenvalue weighted by Crippen LogP contribution is -2.00. The summed E-state index contributed by atoms with van der Waals surface area (Å²) >= 11 is 5.56. The van der Waals surface area contributed by atoms with E-state index in [1.54, 1.807) is 12.2 Å². The lowest BCUT2D eigenvalue weighted by Gasteiger charge is -2.09. The third-order valence-electron chi connectivity index (χ3n) is 1.33. The number of rotatable bonds is 1. The molecule has 0 saturated carbocycles. The van der Waals surface area contributed by atoms with E-state index in [2.05, 4.69) is 0 Å². The monoisotopic (exact) mass is 144 g/mol. The third-order valence-corrected chi connectivity index (χ3v) is 1.73. The minimum atomic E-state index is 0.330. The van der Waals surface area contributed by atoms with E-state index in [4.69, 9.17) is 16.7 Å². The van der Waals surface area contributed by atoms with Crippen LogP contribution in [0.5, 0.6) is 0 Å². The Morgan fingerprint density at radius 2 is 2.56 bits per heavy atom. The second-order valence-electron chi connectivity index (χ2n) is 2.14. The lowest BCUT2D eigenvalue weighted by molar-refractivity contribution is 0.420. The van der Waals surface area contributed by atoms with Gasteiger partial charge in [-0.2, -0.15) is 0 Å². The highest BCUT2D eigenvalue weighted by Crippen LogP contribution is 2.15. The van der Waals surface area contributed by atoms with Gasteiger partial charge in [-0.15, -0.1) is 11.6 Å². The fraction of sp³-hybridized carbons (Fsp3) is 0.429. The van der Waals surface area contributed by atoms with Crippen LogP contribution in [0.3, 0.4) is 0 Å². The zero-order valence-electron chi connectivity index (χ0n) is 5.05. The molecule has 0 saturated heterocycles. The van der Waals surface area contributed by atoms with Crippen LogP contribution in [0.25, 0.3) is 0 Å². The molecule has 1 nitrogen and oxygen atoms in total. The number of aliphatic hydroxyl groups is 1. The number of hydrogen-bond acceptors (Lipinski definition) is 1. The van der Waals surface area contributed by atoms with Crippen molar-refractivity contribution in [3.8, 4) is 0 Å². The van der Waals surface area contributed by atoms with Gasteiger partial charge in [0.2, 0.25) is 0 Å². The Morgan fingerprint density at radius 3 is 3.00 bits per heavy atom. The second-order valence-corrected chi connectivity index (χ2v) is 2.45. The Morgan fingerprint density at radius 1 is 1.78 bits per heavy atom. The Labute approximate surface area is 59.6 Å². The number of aliphatic hydroxyl groups excluding tert-OH is 1. The molecule has 1 aliphatic rings. The molecule has 0 aromatic rings. The van der Waals surface area contributed by atoms with Gasteiger partial charge in [0.25, 0.3) is 0 Å². The standard InChI is InChI=1S/C7H9ClO/c8-5-6-2-1-3-7(9)4-6/h1,3-4,6,9H,2,5H2/t6-/m0/s1. The first-order valence-corrected chi connectivity index (χ1v) is 3.49. The first-order valence-electron chi connectivity index (χ1n) is 2.96. The molecule has 0 spiro atoms. The van der Waals surface area contributed by atoms with Crippen molar-refractivity contribution in [3.63, 3.8) is 0 Å². The summed E-state index contributed by atoms with van der Waals surface area (Å²) in [6, 6.07) is 0. The molecule has 1 rings (SSSR count). The van der Waals surface area contributed by atoms with E-state index in [9.17, 15) is 0 Å². The Bertz CT molecular complexity index is 149. The highest BCUT2D eigenvalue weighted by molar-refractivity contribution is 6.18. The first-order chi connectivity index (χ1) is 4.33. The number of allylic oxidation sites excluding steroid dienone is 3. The van der Waals surface area contributed by atoms with Gasteiger partial charge in [0.15, 0.2) is 0 Å². The van der Waals surface area contributed by atoms with Crippen LogP contribution in [0, 0.1) is 5.92 Å². The quantitative estimate of drug-likeness (QED) is 0.560. The van der Waals surface area contributed by atoms with E-state index >= 15 is 0 Å². The average molecular weight is 145 g/mol. The van der Waals surface area contributed by atoms with E-state index < -0.39 is 0 Å². The lowest BCUT2D eigenvalue weighted by atomic mass is 10.0. The van der Waals surface area contributed by atoms with Crippen molar-refractivity contribution in [2.24, 2.45) is 5.92 Å². The largest absolute Gasteiger partial charge is 0.508 e. The molecule has 0 aromatic heterocycles. The van der Waals surface area contributed by atoms with E-state index in [1.165, 1.54) is 0 Å². The molecule has 0 aliphatic heterocycles. The average Bonchev–Trinajstić information content (AvgIpc) is 1.88. The maximum Gasteiger partial charge on any atom is 0.111 e. The van der Waals surface area contributed by atoms with E-state index in [-0.39, 0.29) is 0 Å². The molecule has 0 radical (unpaired) electrons. The number of hydrogen-bond donors (Lipinski definition) is 1. The summed E-state index contributed by atoms with van der Waals surface area (Å²) in [4.78, 5) is 0. The summed E-state index contributed by atoms with van der Waals surface area (Å²) < 4.78 is 0. The van der Waals surface area contributed by atoms with Crippen molar-refractivity contribution in [3.05, 3.63) is 24.0 Å². The van der Waals surface area contributed by atoms with Crippen LogP contribution in [0.1, 0.15) is 6.42 Å². The predicted molar refractivity (Wildman–Crippen MR) is 38.7 cm³/mol. The van der Waals surface area contributed by atoms with Crippen molar-refractivity contribution in [2.45, 2.75) is 6.42 Å². The summed E-state index contributed by atoms with van der Waals surface area (Å²) in [5, 5.41) is 8.93. The van der Waals surface area contributed by atoms with Gasteiger partial charge < -0.3 is 5.11 Å². The minimum Gasteiger partial charge on any atom is -0.508 e. The maximum absolute atomic E-state index is 8.93. The molecule has 50 valence electrons. The minimum absolute atomic E-state index is 0.330. The SMILES string of the molecule is OC1=C[C@@H](CCl)CC=C1. The Balaban J connectivity index is 2.55. The molecule has 0 amide bonds. The highest BCUT2D eigenvalue weighted by atomic mass is 35.5. The van der Waals surface area contributed by atoms with Gasteiger partial charge >= 0.3 is 0 Å². The topological polar surface area (TPSA) is 20.2 Å². The van der Waals surface area contributed by atoms with Gasteiger partial charge in [-0.1, -0.05) is 6.08 Å². The van der Waals surface area contributed by atoms with Gasteiger partial charge in [-0.25, -0.2) is 0 Å². The summed E-state index contributed by atoms with van der Waals surface area (Å²) in [6.07, 6.45) is 6.37. The van der Waals surface area contributed by atoms with Gasteiger partial charge in [-0.05, 0) is 24.5 Å². The molecule has 0 unspecified atom stereocenters. The smallest absolute Gasteiger partial charge is 0.111 e. The molecule has 0 bridgehead atoms. The second kappa shape index (κ2) is 2.92. The fourth-order valence-electron chi connectivity index (χ4n) is 0.836. The summed E-state index contributed by atoms with van der Waals surface area (Å²) in [7, 11) is 0. The highest BCUT2D eigenvalue weighted by Gasteiger charge is 2.05. The third kappa shape index (κ3) is 1.75. The van der Waals surface area contributed by atoms with Gasteiger partial charge in [0.05, 0.1) is 0 Å². The number of halogens is 1. The van der Waals surface area contributed by atoms with Crippen molar-refractivity contribution < 1.29 is 5.11 Å². The van der Waals surface area contributed by atoms with Crippen LogP contribution in [0.4, 0.5) is 0 Å². The van der Waals surface area contributed by atoms with E-state index in [0.717, 1.165) is 6.42 Å². The first kappa shape index (κ1) is 6.69. The Hall–Kier alpha value is -0.430. The zero-order valence-corrected chi connectivity index (χ0v) is 5.80. The van der Waals surface area contributed by atoms with Crippen LogP contribution in [0.2, 0.25) is 0 Å². The van der Waals surface area contributed by atoms with Gasteiger partial charge in [0.1, 0.15) is 5.76 Å². The molecule has 0 aromatic carbocycles. The van der Waals surface area contributed by atoms with Crippen LogP contribution in [-0.2, 0) is 0 Å². The van der Waals surface area contributed by atoms with E-state index in [0.29, 0.717) is 17.6 Å². The normalized spacial score (nSPS) is 25.9. The van der Waals surface area contributed by atoms with Gasteiger partial charge in [0, 0.05) is 5.88 Å². The molecule has 1 N–H and O–H groups in total. The molecular formula is C7H9ClO. The van der Waals surface area contributed by atoms with Crippen LogP contribution in [-0.4, -0.2) is 11.0 Å². The predicted octanol–water partition coefficient (Wildman–Crippen LogP) is 2.24. The Kier molecular flexibility index (Phi) is 2.17. The molecule has 1 atom stereocenters. The number of alkyl halides is 1. The molecule has 9 heavy (non-hydrogen) atoms. The van der Waals surface area contributed by atoms with Crippen LogP contribution < -0.4 is 0 Å². The molecule has 1 aliphatic carbocycles. The van der Waals surface area contributed by atoms with Crippen LogP contribution in [0.15, 0.2) is 24.0 Å².